The van der Waals surface area contributed by atoms with Crippen molar-refractivity contribution in [3.8, 4) is 5.75 Å². The summed E-state index contributed by atoms with van der Waals surface area (Å²) in [4.78, 5) is 16.5. The van der Waals surface area contributed by atoms with E-state index < -0.39 is 6.10 Å². The zero-order chi connectivity index (χ0) is 18.9. The van der Waals surface area contributed by atoms with Gasteiger partial charge < -0.3 is 19.5 Å². The molecule has 0 bridgehead atoms. The Morgan fingerprint density at radius 2 is 1.96 bits per heavy atom. The van der Waals surface area contributed by atoms with Crippen LogP contribution < -0.4 is 4.74 Å². The largest absolute Gasteiger partial charge is 0.490 e. The van der Waals surface area contributed by atoms with Crippen molar-refractivity contribution in [3.05, 3.63) is 29.3 Å². The number of hydrogen-bond donors (Lipinski definition) is 1. The summed E-state index contributed by atoms with van der Waals surface area (Å²) >= 11 is 0. The topological polar surface area (TPSA) is 62.2 Å². The van der Waals surface area contributed by atoms with Crippen molar-refractivity contribution >= 4 is 5.78 Å². The molecule has 1 aliphatic rings. The molecule has 1 unspecified atom stereocenters. The Labute approximate surface area is 156 Å². The fraction of sp³-hybridized carbons (Fsp3) is 0.650. The summed E-state index contributed by atoms with van der Waals surface area (Å²) in [6.45, 7) is 9.60. The monoisotopic (exact) mass is 364 g/mol. The number of ketones is 1. The number of nitrogens with zero attached hydrogens (tertiary/aromatic N) is 2. The molecule has 1 aliphatic heterocycles. The normalized spacial score (nSPS) is 17.2. The van der Waals surface area contributed by atoms with E-state index in [0.717, 1.165) is 31.7 Å². The van der Waals surface area contributed by atoms with Gasteiger partial charge in [-0.15, -0.1) is 0 Å². The number of likely N-dealkylation sites (N-methyl/N-ethyl adjacent to an activating group) is 1. The highest BCUT2D eigenvalue weighted by molar-refractivity contribution is 5.96. The first-order valence-electron chi connectivity index (χ1n) is 9.49. The molecular weight excluding hydrogens is 332 g/mol. The van der Waals surface area contributed by atoms with E-state index >= 15 is 0 Å². The minimum Gasteiger partial charge on any atom is -0.490 e. The summed E-state index contributed by atoms with van der Waals surface area (Å²) < 4.78 is 11.3. The minimum absolute atomic E-state index is 0.101. The van der Waals surface area contributed by atoms with E-state index in [1.165, 1.54) is 0 Å². The zero-order valence-corrected chi connectivity index (χ0v) is 16.2. The molecule has 1 aromatic rings. The molecule has 1 atom stereocenters. The van der Waals surface area contributed by atoms with Gasteiger partial charge in [-0.1, -0.05) is 6.92 Å². The highest BCUT2D eigenvalue weighted by atomic mass is 16.5. The van der Waals surface area contributed by atoms with Crippen molar-refractivity contribution in [1.29, 1.82) is 0 Å². The molecule has 0 aliphatic carbocycles. The van der Waals surface area contributed by atoms with Gasteiger partial charge in [0.05, 0.1) is 6.61 Å². The molecule has 26 heavy (non-hydrogen) atoms. The maximum atomic E-state index is 11.9. The number of hydrogen-bond acceptors (Lipinski definition) is 6. The third-order valence-electron chi connectivity index (χ3n) is 4.66. The number of Topliss-reactive ketones (excluding diaryl/α,β-unsaturated/α-hetero) is 1. The number of ether oxygens (including phenoxy) is 2. The molecule has 1 fully saturated rings. The second kappa shape index (κ2) is 10.6. The summed E-state index contributed by atoms with van der Waals surface area (Å²) in [7, 11) is 2.11. The van der Waals surface area contributed by atoms with Crippen LogP contribution in [0.15, 0.2) is 18.2 Å². The first kappa shape index (κ1) is 20.8. The first-order valence-corrected chi connectivity index (χ1v) is 9.49. The van der Waals surface area contributed by atoms with Crippen molar-refractivity contribution in [2.45, 2.75) is 33.0 Å². The molecule has 1 heterocycles. The van der Waals surface area contributed by atoms with Crippen molar-refractivity contribution < 1.29 is 19.4 Å². The number of rotatable bonds is 10. The molecule has 0 spiro atoms. The zero-order valence-electron chi connectivity index (χ0n) is 16.2. The van der Waals surface area contributed by atoms with E-state index in [2.05, 4.69) is 16.8 Å². The molecule has 0 aromatic heterocycles. The summed E-state index contributed by atoms with van der Waals surface area (Å²) in [5.41, 5.74) is 1.52. The van der Waals surface area contributed by atoms with Gasteiger partial charge in [0, 0.05) is 56.9 Å². The van der Waals surface area contributed by atoms with E-state index in [1.54, 1.807) is 12.1 Å². The van der Waals surface area contributed by atoms with Crippen LogP contribution in [0, 0.1) is 0 Å². The van der Waals surface area contributed by atoms with Gasteiger partial charge in [-0.2, -0.15) is 0 Å². The van der Waals surface area contributed by atoms with E-state index in [1.807, 2.05) is 19.9 Å². The molecular formula is C20H32N2O4. The van der Waals surface area contributed by atoms with Crippen LogP contribution in [0.5, 0.6) is 5.75 Å². The fourth-order valence-electron chi connectivity index (χ4n) is 2.99. The number of carbonyl (C=O) groups excluding carboxylic acids is 1. The lowest BCUT2D eigenvalue weighted by atomic mass is 10.1. The van der Waals surface area contributed by atoms with Crippen LogP contribution in [0.1, 0.15) is 36.2 Å². The van der Waals surface area contributed by atoms with Gasteiger partial charge in [0.2, 0.25) is 0 Å². The molecule has 0 radical (unpaired) electrons. The molecule has 1 saturated heterocycles. The van der Waals surface area contributed by atoms with Gasteiger partial charge >= 0.3 is 0 Å². The van der Waals surface area contributed by atoms with E-state index in [-0.39, 0.29) is 12.4 Å². The number of carbonyl (C=O) groups is 1. The third-order valence-corrected chi connectivity index (χ3v) is 4.66. The maximum Gasteiger partial charge on any atom is 0.162 e. The smallest absolute Gasteiger partial charge is 0.162 e. The van der Waals surface area contributed by atoms with Gasteiger partial charge in [0.15, 0.2) is 5.78 Å². The van der Waals surface area contributed by atoms with Crippen LogP contribution >= 0.6 is 0 Å². The lowest BCUT2D eigenvalue weighted by molar-refractivity contribution is 0.0493. The van der Waals surface area contributed by atoms with Gasteiger partial charge in [-0.3, -0.25) is 9.69 Å². The van der Waals surface area contributed by atoms with Crippen LogP contribution in [0.2, 0.25) is 0 Å². The van der Waals surface area contributed by atoms with Crippen LogP contribution in [0.3, 0.4) is 0 Å². The van der Waals surface area contributed by atoms with Crippen molar-refractivity contribution in [3.63, 3.8) is 0 Å². The predicted molar refractivity (Wildman–Crippen MR) is 102 cm³/mol. The number of aliphatic hydroxyl groups excluding tert-OH is 1. The maximum absolute atomic E-state index is 11.9. The van der Waals surface area contributed by atoms with Crippen molar-refractivity contribution in [2.24, 2.45) is 0 Å². The van der Waals surface area contributed by atoms with E-state index in [4.69, 9.17) is 9.47 Å². The van der Waals surface area contributed by atoms with E-state index in [9.17, 15) is 9.90 Å². The average Bonchev–Trinajstić information content (AvgIpc) is 2.66. The summed E-state index contributed by atoms with van der Waals surface area (Å²) in [6, 6.07) is 5.42. The first-order chi connectivity index (χ1) is 12.5. The minimum atomic E-state index is -0.546. The SMILES string of the molecule is CCOCc1cc(C(=O)CC)ccc1OCC(O)CN1CCN(C)CC1. The second-order valence-electron chi connectivity index (χ2n) is 6.81. The highest BCUT2D eigenvalue weighted by Gasteiger charge is 2.18. The molecule has 6 heteroatoms. The van der Waals surface area contributed by atoms with Crippen LogP contribution in [0.4, 0.5) is 0 Å². The molecule has 0 amide bonds. The quantitative estimate of drug-likeness (QED) is 0.639. The van der Waals surface area contributed by atoms with E-state index in [0.29, 0.717) is 37.5 Å². The third kappa shape index (κ3) is 6.36. The number of benzene rings is 1. The Kier molecular flexibility index (Phi) is 8.51. The van der Waals surface area contributed by atoms with Crippen LogP contribution in [-0.2, 0) is 11.3 Å². The second-order valence-corrected chi connectivity index (χ2v) is 6.81. The summed E-state index contributed by atoms with van der Waals surface area (Å²) in [6.07, 6.45) is -0.0758. The molecule has 6 nitrogen and oxygen atoms in total. The molecule has 1 N–H and O–H groups in total. The fourth-order valence-corrected chi connectivity index (χ4v) is 2.99. The lowest BCUT2D eigenvalue weighted by Gasteiger charge is -2.33. The number of aliphatic hydroxyl groups is 1. The predicted octanol–water partition coefficient (Wildman–Crippen LogP) is 1.80. The Bertz CT molecular complexity index is 571. The number of β-amino-alcohol motifs (C(OH)–C–C–N with tert-alkyl or cyclic N) is 1. The summed E-state index contributed by atoms with van der Waals surface area (Å²) in [5, 5.41) is 10.3. The standard InChI is InChI=1S/C20H32N2O4/c1-4-19(24)16-6-7-20(17(12-16)14-25-5-2)26-15-18(23)13-22-10-8-21(3)9-11-22/h6-7,12,18,23H,4-5,8-11,13-15H2,1-3H3. The Morgan fingerprint density at radius 1 is 1.23 bits per heavy atom. The number of piperazine rings is 1. The highest BCUT2D eigenvalue weighted by Crippen LogP contribution is 2.22. The average molecular weight is 364 g/mol. The molecule has 0 saturated carbocycles. The Hall–Kier alpha value is -1.47. The molecule has 2 rings (SSSR count). The van der Waals surface area contributed by atoms with Crippen LogP contribution in [-0.4, -0.2) is 79.8 Å². The summed E-state index contributed by atoms with van der Waals surface area (Å²) in [5.74, 6) is 0.771. The van der Waals surface area contributed by atoms with Gasteiger partial charge in [0.25, 0.3) is 0 Å². The van der Waals surface area contributed by atoms with Gasteiger partial charge in [-0.25, -0.2) is 0 Å². The van der Waals surface area contributed by atoms with Crippen molar-refractivity contribution in [2.75, 3.05) is 53.0 Å². The lowest BCUT2D eigenvalue weighted by Crippen LogP contribution is -2.47. The molecule has 146 valence electrons. The Morgan fingerprint density at radius 3 is 2.62 bits per heavy atom. The van der Waals surface area contributed by atoms with Crippen LogP contribution in [0.25, 0.3) is 0 Å². The van der Waals surface area contributed by atoms with Gasteiger partial charge in [0.1, 0.15) is 18.5 Å². The van der Waals surface area contributed by atoms with Crippen molar-refractivity contribution in [1.82, 2.24) is 9.80 Å². The Balaban J connectivity index is 1.93. The van der Waals surface area contributed by atoms with Gasteiger partial charge in [-0.05, 0) is 32.2 Å². The molecule has 1 aromatic carbocycles.